The van der Waals surface area contributed by atoms with E-state index in [-0.39, 0.29) is 27.4 Å². The highest BCUT2D eigenvalue weighted by Crippen LogP contribution is 2.44. The average Bonchev–Trinajstić information content (AvgIpc) is 3.22. The molecule has 1 saturated carbocycles. The molecule has 0 radical (unpaired) electrons. The molecule has 2 amide bonds. The second-order valence-corrected chi connectivity index (χ2v) is 5.07. The van der Waals surface area contributed by atoms with Crippen LogP contribution >= 0.6 is 0 Å². The second kappa shape index (κ2) is 6.69. The molecule has 138 valence electrons. The van der Waals surface area contributed by atoms with Crippen molar-refractivity contribution in [2.75, 3.05) is 6.61 Å². The molecule has 0 aromatic carbocycles. The molecule has 0 aliphatic heterocycles. The molecule has 12 heteroatoms. The Hall–Kier alpha value is -2.27. The van der Waals surface area contributed by atoms with Gasteiger partial charge in [0.1, 0.15) is 6.33 Å². The normalized spacial score (nSPS) is 20.4. The van der Waals surface area contributed by atoms with Gasteiger partial charge in [0, 0.05) is 15.0 Å². The number of aromatic nitrogens is 2. The highest BCUT2D eigenvalue weighted by Gasteiger charge is 2.56. The lowest BCUT2D eigenvalue weighted by Crippen LogP contribution is -2.38. The lowest BCUT2D eigenvalue weighted by Gasteiger charge is -2.10. The number of carbonyl (C=O) groups is 1. The third-order valence-electron chi connectivity index (χ3n) is 3.04. The van der Waals surface area contributed by atoms with Gasteiger partial charge in [0.2, 0.25) is 5.88 Å². The van der Waals surface area contributed by atoms with Crippen LogP contribution in [-0.2, 0) is 6.54 Å². The van der Waals surface area contributed by atoms with Crippen LogP contribution in [0.25, 0.3) is 0 Å². The van der Waals surface area contributed by atoms with E-state index in [0.717, 1.165) is 12.4 Å². The van der Waals surface area contributed by atoms with Crippen molar-refractivity contribution in [2.45, 2.75) is 31.4 Å². The van der Waals surface area contributed by atoms with Crippen molar-refractivity contribution in [1.82, 2.24) is 20.6 Å². The van der Waals surface area contributed by atoms with E-state index in [2.05, 4.69) is 25.3 Å². The van der Waals surface area contributed by atoms with Gasteiger partial charge in [-0.1, -0.05) is 0 Å². The van der Waals surface area contributed by atoms with Gasteiger partial charge in [-0.05, 0) is 6.42 Å². The minimum absolute atomic E-state index is 0. The first-order valence-electron chi connectivity index (χ1n) is 6.66. The van der Waals surface area contributed by atoms with Gasteiger partial charge < -0.3 is 15.4 Å². The maximum absolute atomic E-state index is 12.3. The Bertz CT molecular complexity index is 602. The maximum atomic E-state index is 12.3. The van der Waals surface area contributed by atoms with Gasteiger partial charge in [-0.25, -0.2) is 14.8 Å². The van der Waals surface area contributed by atoms with E-state index in [1.807, 2.05) is 0 Å². The Labute approximate surface area is 134 Å². The summed E-state index contributed by atoms with van der Waals surface area (Å²) in [6.45, 7) is -1.74. The lowest BCUT2D eigenvalue weighted by atomic mass is 10.4. The first kappa shape index (κ1) is 18.1. The number of urea groups is 1. The Morgan fingerprint density at radius 2 is 2.00 bits per heavy atom. The molecule has 6 nitrogen and oxygen atoms in total. The van der Waals surface area contributed by atoms with E-state index < -0.39 is 37.0 Å². The molecule has 2 N–H and O–H groups in total. The number of rotatable bonds is 5. The summed E-state index contributed by atoms with van der Waals surface area (Å²) in [5.74, 6) is -1.89. The zero-order chi connectivity index (χ0) is 18.0. The minimum Gasteiger partial charge on any atom is -0.468 e. The zero-order valence-corrected chi connectivity index (χ0v) is 11.9. The fraction of sp³-hybridized carbons (Fsp3) is 0.583. The topological polar surface area (TPSA) is 76.1 Å². The van der Waals surface area contributed by atoms with Gasteiger partial charge >= 0.3 is 18.4 Å². The summed E-state index contributed by atoms with van der Waals surface area (Å²) in [4.78, 5) is 18.7. The maximum Gasteiger partial charge on any atom is 0.422 e. The monoisotopic (exact) mass is 362 g/mol. The fourth-order valence-corrected chi connectivity index (χ4v) is 1.81. The largest absolute Gasteiger partial charge is 0.468 e. The van der Waals surface area contributed by atoms with Gasteiger partial charge in [-0.15, -0.1) is 0 Å². The molecule has 0 saturated heterocycles. The molecule has 1 aliphatic carbocycles. The molecule has 0 spiro atoms. The third kappa shape index (κ3) is 5.74. The summed E-state index contributed by atoms with van der Waals surface area (Å²) in [6.07, 6.45) is -8.11. The van der Waals surface area contributed by atoms with Crippen LogP contribution in [0.5, 0.6) is 5.88 Å². The first-order valence-corrected chi connectivity index (χ1v) is 6.66. The molecule has 0 bridgehead atoms. The van der Waals surface area contributed by atoms with Crippen LogP contribution in [0.4, 0.5) is 31.1 Å². The quantitative estimate of drug-likeness (QED) is 0.790. The smallest absolute Gasteiger partial charge is 0.422 e. The van der Waals surface area contributed by atoms with E-state index in [4.69, 9.17) is 0 Å². The summed E-state index contributed by atoms with van der Waals surface area (Å²) < 4.78 is 77.4. The average molecular weight is 362 g/mol. The van der Waals surface area contributed by atoms with Crippen molar-refractivity contribution in [3.05, 3.63) is 18.1 Å². The van der Waals surface area contributed by atoms with Gasteiger partial charge in [-0.2, -0.15) is 26.3 Å². The van der Waals surface area contributed by atoms with Crippen LogP contribution in [-0.4, -0.2) is 41.0 Å². The number of amides is 2. The SMILES string of the molecule is O=C(NCc1cc(OCC(F)(F)F)ncn1)N[C@@H]1C[C@H]1C(F)(F)F.[HH].[HH]. The summed E-state index contributed by atoms with van der Waals surface area (Å²) in [5, 5.41) is 4.40. The van der Waals surface area contributed by atoms with E-state index in [9.17, 15) is 31.1 Å². The van der Waals surface area contributed by atoms with Gasteiger partial charge in [0.25, 0.3) is 0 Å². The van der Waals surface area contributed by atoms with Crippen LogP contribution in [0.3, 0.4) is 0 Å². The number of hydrogen-bond acceptors (Lipinski definition) is 4. The highest BCUT2D eigenvalue weighted by molar-refractivity contribution is 5.74. The van der Waals surface area contributed by atoms with E-state index in [1.54, 1.807) is 0 Å². The molecule has 1 fully saturated rings. The van der Waals surface area contributed by atoms with Crippen molar-refractivity contribution < 1.29 is 38.7 Å². The summed E-state index contributed by atoms with van der Waals surface area (Å²) in [6, 6.07) is -0.717. The minimum atomic E-state index is -4.53. The summed E-state index contributed by atoms with van der Waals surface area (Å²) >= 11 is 0. The van der Waals surface area contributed by atoms with Gasteiger partial charge in [0.05, 0.1) is 18.2 Å². The lowest BCUT2D eigenvalue weighted by molar-refractivity contribution is -0.154. The molecule has 1 aliphatic rings. The Kier molecular flexibility index (Phi) is 5.04. The van der Waals surface area contributed by atoms with E-state index in [0.29, 0.717) is 0 Å². The first-order chi connectivity index (χ1) is 11.0. The van der Waals surface area contributed by atoms with Crippen LogP contribution in [0.1, 0.15) is 15.0 Å². The van der Waals surface area contributed by atoms with Crippen molar-refractivity contribution >= 4 is 6.03 Å². The number of nitrogens with zero attached hydrogens (tertiary/aromatic N) is 2. The number of ether oxygens (including phenoxy) is 1. The molecular formula is C12H16F6N4O2. The Morgan fingerprint density at radius 3 is 2.58 bits per heavy atom. The van der Waals surface area contributed by atoms with E-state index in [1.165, 1.54) is 0 Å². The van der Waals surface area contributed by atoms with Gasteiger partial charge in [-0.3, -0.25) is 0 Å². The Morgan fingerprint density at radius 1 is 1.29 bits per heavy atom. The van der Waals surface area contributed by atoms with Crippen molar-refractivity contribution in [2.24, 2.45) is 5.92 Å². The highest BCUT2D eigenvalue weighted by atomic mass is 19.4. The van der Waals surface area contributed by atoms with Crippen molar-refractivity contribution in [1.29, 1.82) is 0 Å². The predicted octanol–water partition coefficient (Wildman–Crippen LogP) is 2.66. The molecular weight excluding hydrogens is 346 g/mol. The van der Waals surface area contributed by atoms with Gasteiger partial charge in [0.15, 0.2) is 6.61 Å². The van der Waals surface area contributed by atoms with Crippen LogP contribution in [0.2, 0.25) is 0 Å². The standard InChI is InChI=1S/C12H12F6N4O2.2H2/c13-11(14,15)4-24-9-1-6(20-5-21-9)3-19-10(23)22-8-2-7(8)12(16,17)18;;/h1,5,7-8H,2-4H2,(H2,19,22,23);2*1H/t7-,8-;;/m1../s1. The number of nitrogens with one attached hydrogen (secondary N) is 2. The number of hydrogen-bond donors (Lipinski definition) is 2. The van der Waals surface area contributed by atoms with Crippen LogP contribution < -0.4 is 15.4 Å². The van der Waals surface area contributed by atoms with Crippen molar-refractivity contribution in [3.63, 3.8) is 0 Å². The molecule has 2 atom stereocenters. The summed E-state index contributed by atoms with van der Waals surface area (Å²) in [5.41, 5.74) is 0.139. The second-order valence-electron chi connectivity index (χ2n) is 5.07. The molecule has 2 rings (SSSR count). The summed E-state index contributed by atoms with van der Waals surface area (Å²) in [7, 11) is 0. The predicted molar refractivity (Wildman–Crippen MR) is 71.1 cm³/mol. The number of carbonyl (C=O) groups excluding carboxylic acids is 1. The van der Waals surface area contributed by atoms with Crippen molar-refractivity contribution in [3.8, 4) is 5.88 Å². The van der Waals surface area contributed by atoms with E-state index >= 15 is 0 Å². The Balaban J connectivity index is 0.00000312. The zero-order valence-electron chi connectivity index (χ0n) is 11.9. The van der Waals surface area contributed by atoms with Crippen LogP contribution in [0, 0.1) is 5.92 Å². The number of halogens is 6. The fourth-order valence-electron chi connectivity index (χ4n) is 1.81. The number of alkyl halides is 6. The van der Waals surface area contributed by atoms with Crippen LogP contribution in [0.15, 0.2) is 12.4 Å². The molecule has 0 unspecified atom stereocenters. The third-order valence-corrected chi connectivity index (χ3v) is 3.04. The molecule has 1 aromatic rings. The molecule has 24 heavy (non-hydrogen) atoms. The molecule has 1 heterocycles. The molecule has 1 aromatic heterocycles.